The van der Waals surface area contributed by atoms with Crippen molar-refractivity contribution in [1.82, 2.24) is 4.90 Å². The van der Waals surface area contributed by atoms with Crippen molar-refractivity contribution >= 4 is 25.4 Å². The van der Waals surface area contributed by atoms with Crippen LogP contribution in [-0.2, 0) is 25.5 Å². The highest BCUT2D eigenvalue weighted by atomic mass is 31.2. The van der Waals surface area contributed by atoms with Crippen LogP contribution in [0.25, 0.3) is 0 Å². The zero-order chi connectivity index (χ0) is 20.7. The van der Waals surface area contributed by atoms with Gasteiger partial charge in [-0.3, -0.25) is 19.1 Å². The van der Waals surface area contributed by atoms with E-state index >= 15 is 0 Å². The van der Waals surface area contributed by atoms with Crippen molar-refractivity contribution in [3.63, 3.8) is 0 Å². The maximum absolute atomic E-state index is 12.9. The summed E-state index contributed by atoms with van der Waals surface area (Å²) in [6.07, 6.45) is -1.20. The normalized spacial score (nSPS) is 19.6. The maximum atomic E-state index is 12.9. The number of carboxylic acids is 2. The lowest BCUT2D eigenvalue weighted by molar-refractivity contribution is -0.142. The summed E-state index contributed by atoms with van der Waals surface area (Å²) in [7, 11) is -4.06. The first-order chi connectivity index (χ1) is 13.2. The predicted octanol–water partition coefficient (Wildman–Crippen LogP) is 2.58. The van der Waals surface area contributed by atoms with E-state index in [0.29, 0.717) is 6.42 Å². The Morgan fingerprint density at radius 1 is 1.21 bits per heavy atom. The fourth-order valence-corrected chi connectivity index (χ4v) is 5.66. The Balaban J connectivity index is 2.01. The molecule has 0 bridgehead atoms. The summed E-state index contributed by atoms with van der Waals surface area (Å²) in [6, 6.07) is 8.99. The summed E-state index contributed by atoms with van der Waals surface area (Å²) in [5, 5.41) is 18.0. The van der Waals surface area contributed by atoms with Crippen LogP contribution in [-0.4, -0.2) is 56.5 Å². The summed E-state index contributed by atoms with van der Waals surface area (Å²) in [4.78, 5) is 46.1. The van der Waals surface area contributed by atoms with E-state index in [2.05, 4.69) is 0 Å². The Morgan fingerprint density at radius 2 is 1.89 bits per heavy atom. The predicted molar refractivity (Wildman–Crippen MR) is 99.0 cm³/mol. The van der Waals surface area contributed by atoms with E-state index in [-0.39, 0.29) is 26.0 Å². The van der Waals surface area contributed by atoms with E-state index in [4.69, 9.17) is 9.84 Å². The largest absolute Gasteiger partial charge is 0.481 e. The molecule has 0 saturated carbocycles. The molecule has 0 radical (unpaired) electrons. The van der Waals surface area contributed by atoms with E-state index in [1.165, 1.54) is 4.90 Å². The van der Waals surface area contributed by atoms with Crippen LogP contribution in [0, 0.1) is 5.92 Å². The molecule has 1 saturated heterocycles. The average Bonchev–Trinajstić information content (AvgIpc) is 3.14. The molecule has 1 aliphatic rings. The van der Waals surface area contributed by atoms with Crippen molar-refractivity contribution in [2.45, 2.75) is 38.1 Å². The fraction of sp³-hybridized carbons (Fsp3) is 0.500. The first kappa shape index (κ1) is 21.9. The summed E-state index contributed by atoms with van der Waals surface area (Å²) < 4.78 is 18.1. The molecule has 9 nitrogen and oxygen atoms in total. The first-order valence-corrected chi connectivity index (χ1v) is 10.9. The molecule has 2 rings (SSSR count). The van der Waals surface area contributed by atoms with Gasteiger partial charge in [0, 0.05) is 19.1 Å². The van der Waals surface area contributed by atoms with Crippen molar-refractivity contribution in [3.8, 4) is 0 Å². The van der Waals surface area contributed by atoms with Crippen LogP contribution in [0.1, 0.15) is 31.2 Å². The Morgan fingerprint density at radius 3 is 2.50 bits per heavy atom. The first-order valence-electron chi connectivity index (χ1n) is 8.94. The highest BCUT2D eigenvalue weighted by Crippen LogP contribution is 2.53. The van der Waals surface area contributed by atoms with Crippen LogP contribution in [0.5, 0.6) is 0 Å². The molecule has 1 aromatic rings. The van der Waals surface area contributed by atoms with Gasteiger partial charge in [-0.15, -0.1) is 0 Å². The number of hydrogen-bond acceptors (Lipinski definition) is 5. The van der Waals surface area contributed by atoms with Crippen LogP contribution in [0.4, 0.5) is 4.79 Å². The zero-order valence-corrected chi connectivity index (χ0v) is 16.2. The van der Waals surface area contributed by atoms with Gasteiger partial charge in [0.1, 0.15) is 12.4 Å². The number of likely N-dealkylation sites (tertiary alicyclic amines) is 1. The van der Waals surface area contributed by atoms with Gasteiger partial charge in [-0.05, 0) is 24.8 Å². The van der Waals surface area contributed by atoms with Gasteiger partial charge < -0.3 is 19.8 Å². The quantitative estimate of drug-likeness (QED) is 0.525. The second kappa shape index (κ2) is 9.71. The lowest BCUT2D eigenvalue weighted by Crippen LogP contribution is -2.37. The molecule has 10 heteroatoms. The third kappa shape index (κ3) is 6.07. The van der Waals surface area contributed by atoms with Crippen LogP contribution in [0.3, 0.4) is 0 Å². The van der Waals surface area contributed by atoms with Crippen molar-refractivity contribution in [2.24, 2.45) is 5.92 Å². The number of hydrogen-bond donors (Lipinski definition) is 3. The SMILES string of the molecule is O=C(O)CCC(CP(=O)(O)C1CCCN1C(=O)OCc1ccccc1)C(=O)O. The molecule has 1 amide bonds. The van der Waals surface area contributed by atoms with Crippen LogP contribution >= 0.6 is 7.37 Å². The van der Waals surface area contributed by atoms with E-state index in [1.54, 1.807) is 24.3 Å². The van der Waals surface area contributed by atoms with Gasteiger partial charge in [0.15, 0.2) is 0 Å². The summed E-state index contributed by atoms with van der Waals surface area (Å²) >= 11 is 0. The van der Waals surface area contributed by atoms with Crippen molar-refractivity contribution in [1.29, 1.82) is 0 Å². The smallest absolute Gasteiger partial charge is 0.410 e. The Hall–Kier alpha value is -2.38. The van der Waals surface area contributed by atoms with E-state index < -0.39 is 49.7 Å². The highest BCUT2D eigenvalue weighted by Gasteiger charge is 2.44. The minimum Gasteiger partial charge on any atom is -0.481 e. The van der Waals surface area contributed by atoms with Gasteiger partial charge in [0.2, 0.25) is 7.37 Å². The molecule has 1 aliphatic heterocycles. The number of rotatable bonds is 9. The number of benzene rings is 1. The van der Waals surface area contributed by atoms with Crippen molar-refractivity contribution < 1.29 is 38.8 Å². The lowest BCUT2D eigenvalue weighted by Gasteiger charge is -2.29. The molecule has 3 unspecified atom stereocenters. The standard InChI is InChI=1S/C18H24NO8P/c20-16(21)9-8-14(17(22)23)12-28(25,26)15-7-4-10-19(15)18(24)27-11-13-5-2-1-3-6-13/h1-3,5-6,14-15H,4,7-12H2,(H,20,21)(H,22,23)(H,25,26). The third-order valence-corrected chi connectivity index (χ3v) is 7.10. The molecular formula is C18H24NO8P. The van der Waals surface area contributed by atoms with Gasteiger partial charge in [-0.2, -0.15) is 0 Å². The van der Waals surface area contributed by atoms with E-state index in [0.717, 1.165) is 5.56 Å². The molecule has 0 aromatic heterocycles. The monoisotopic (exact) mass is 413 g/mol. The molecule has 3 N–H and O–H groups in total. The molecule has 3 atom stereocenters. The minimum absolute atomic E-state index is 0.0228. The summed E-state index contributed by atoms with van der Waals surface area (Å²) in [5.74, 6) is -4.80. The lowest BCUT2D eigenvalue weighted by atomic mass is 10.1. The molecule has 154 valence electrons. The minimum atomic E-state index is -4.06. The van der Waals surface area contributed by atoms with Gasteiger partial charge >= 0.3 is 18.0 Å². The topological polar surface area (TPSA) is 141 Å². The van der Waals surface area contributed by atoms with Crippen LogP contribution < -0.4 is 0 Å². The number of carbonyl (C=O) groups is 3. The Kier molecular flexibility index (Phi) is 7.60. The second-order valence-corrected chi connectivity index (χ2v) is 9.23. The number of ether oxygens (including phenoxy) is 1. The number of amides is 1. The molecule has 0 spiro atoms. The van der Waals surface area contributed by atoms with E-state index in [9.17, 15) is 28.9 Å². The summed E-state index contributed by atoms with van der Waals surface area (Å²) in [5.41, 5.74) is 0.776. The fourth-order valence-electron chi connectivity index (χ4n) is 3.21. The molecular weight excluding hydrogens is 389 g/mol. The average molecular weight is 413 g/mol. The van der Waals surface area contributed by atoms with E-state index in [1.807, 2.05) is 6.07 Å². The molecule has 1 heterocycles. The van der Waals surface area contributed by atoms with Crippen molar-refractivity contribution in [3.05, 3.63) is 35.9 Å². The van der Waals surface area contributed by atoms with Crippen LogP contribution in [0.15, 0.2) is 30.3 Å². The molecule has 0 aliphatic carbocycles. The summed E-state index contributed by atoms with van der Waals surface area (Å²) in [6.45, 7) is 0.269. The Bertz CT molecular complexity index is 753. The van der Waals surface area contributed by atoms with Crippen LogP contribution in [0.2, 0.25) is 0 Å². The van der Waals surface area contributed by atoms with Gasteiger partial charge in [-0.25, -0.2) is 4.79 Å². The second-order valence-electron chi connectivity index (χ2n) is 6.76. The maximum Gasteiger partial charge on any atom is 0.410 e. The zero-order valence-electron chi connectivity index (χ0n) is 15.3. The highest BCUT2D eigenvalue weighted by molar-refractivity contribution is 7.58. The Labute approximate surface area is 162 Å². The molecule has 28 heavy (non-hydrogen) atoms. The van der Waals surface area contributed by atoms with Gasteiger partial charge in [0.05, 0.1) is 5.92 Å². The molecule has 1 aromatic carbocycles. The third-order valence-electron chi connectivity index (χ3n) is 4.66. The van der Waals surface area contributed by atoms with Gasteiger partial charge in [-0.1, -0.05) is 30.3 Å². The number of aliphatic carboxylic acids is 2. The number of nitrogens with zero attached hydrogens (tertiary/aromatic N) is 1. The number of carbonyl (C=O) groups excluding carboxylic acids is 1. The van der Waals surface area contributed by atoms with Crippen molar-refractivity contribution in [2.75, 3.05) is 12.7 Å². The molecule has 1 fully saturated rings. The van der Waals surface area contributed by atoms with Gasteiger partial charge in [0.25, 0.3) is 0 Å². The number of carboxylic acid groups (broad SMARTS) is 2.